The number of anilines is 1. The van der Waals surface area contributed by atoms with Crippen LogP contribution in [-0.2, 0) is 21.2 Å². The molecule has 1 heterocycles. The second-order valence-electron chi connectivity index (χ2n) is 4.69. The van der Waals surface area contributed by atoms with Gasteiger partial charge in [0.25, 0.3) is 10.0 Å². The lowest BCUT2D eigenvalue weighted by atomic mass is 10.1. The molecular weight excluding hydrogens is 310 g/mol. The number of primary amides is 1. The number of unbranched alkanes of at least 4 members (excludes halogenated alkanes) is 1. The van der Waals surface area contributed by atoms with E-state index in [1.807, 2.05) is 6.07 Å². The third-order valence-corrected chi connectivity index (χ3v) is 5.27. The maximum Gasteiger partial charge on any atom is 0.286 e. The van der Waals surface area contributed by atoms with Gasteiger partial charge in [-0.3, -0.25) is 4.79 Å². The molecular formula is C13H17N3O3S2. The van der Waals surface area contributed by atoms with Gasteiger partial charge in [-0.15, -0.1) is 4.40 Å². The number of hydrogen-bond acceptors (Lipinski definition) is 5. The zero-order valence-corrected chi connectivity index (χ0v) is 13.3. The molecule has 1 aromatic rings. The van der Waals surface area contributed by atoms with Gasteiger partial charge in [0.2, 0.25) is 5.91 Å². The number of fused-ring (bicyclic) bond motifs is 1. The van der Waals surface area contributed by atoms with Crippen LogP contribution in [0.1, 0.15) is 25.3 Å². The topological polar surface area (TPSA) is 102 Å². The normalized spacial score (nSPS) is 15.8. The average Bonchev–Trinajstić information content (AvgIpc) is 2.42. The van der Waals surface area contributed by atoms with Crippen molar-refractivity contribution in [2.75, 3.05) is 11.1 Å². The van der Waals surface area contributed by atoms with Crippen molar-refractivity contribution in [2.45, 2.75) is 31.1 Å². The van der Waals surface area contributed by atoms with Crippen molar-refractivity contribution >= 4 is 38.5 Å². The number of carbonyl (C=O) groups is 1. The van der Waals surface area contributed by atoms with E-state index in [1.54, 1.807) is 12.1 Å². The zero-order chi connectivity index (χ0) is 15.5. The Morgan fingerprint density at radius 1 is 1.43 bits per heavy atom. The number of nitrogens with zero attached hydrogens (tertiary/aromatic N) is 1. The number of nitrogens with two attached hydrogens (primary N) is 1. The largest absolute Gasteiger partial charge is 0.369 e. The van der Waals surface area contributed by atoms with E-state index < -0.39 is 15.9 Å². The number of amidine groups is 1. The summed E-state index contributed by atoms with van der Waals surface area (Å²) in [6.07, 6.45) is 2.90. The number of benzene rings is 1. The van der Waals surface area contributed by atoms with Crippen molar-refractivity contribution < 1.29 is 13.2 Å². The van der Waals surface area contributed by atoms with Crippen LogP contribution in [-0.4, -0.2) is 25.2 Å². The fourth-order valence-electron chi connectivity index (χ4n) is 1.92. The summed E-state index contributed by atoms with van der Waals surface area (Å²) in [5, 5.41) is 3.09. The molecule has 0 atom stereocenters. The lowest BCUT2D eigenvalue weighted by molar-refractivity contribution is -0.115. The molecule has 21 heavy (non-hydrogen) atoms. The van der Waals surface area contributed by atoms with Crippen LogP contribution < -0.4 is 11.1 Å². The van der Waals surface area contributed by atoms with Crippen LogP contribution in [0.2, 0.25) is 0 Å². The summed E-state index contributed by atoms with van der Waals surface area (Å²) in [4.78, 5) is 10.9. The fourth-order valence-corrected chi connectivity index (χ4v) is 3.94. The number of hydrogen-bond donors (Lipinski definition) is 2. The Balaban J connectivity index is 2.26. The molecule has 8 heteroatoms. The van der Waals surface area contributed by atoms with Crippen LogP contribution in [0.15, 0.2) is 27.5 Å². The molecule has 0 radical (unpaired) electrons. The van der Waals surface area contributed by atoms with E-state index in [-0.39, 0.29) is 15.8 Å². The van der Waals surface area contributed by atoms with Crippen molar-refractivity contribution in [1.82, 2.24) is 0 Å². The van der Waals surface area contributed by atoms with E-state index >= 15 is 0 Å². The molecule has 0 saturated heterocycles. The van der Waals surface area contributed by atoms with Crippen LogP contribution in [0.4, 0.5) is 5.69 Å². The Labute approximate surface area is 128 Å². The van der Waals surface area contributed by atoms with Crippen LogP contribution in [0.25, 0.3) is 0 Å². The predicted octanol–water partition coefficient (Wildman–Crippen LogP) is 1.72. The van der Waals surface area contributed by atoms with E-state index in [4.69, 9.17) is 5.73 Å². The number of amides is 1. The molecule has 1 aromatic carbocycles. The molecule has 0 saturated carbocycles. The highest BCUT2D eigenvalue weighted by atomic mass is 32.2. The first-order chi connectivity index (χ1) is 9.92. The van der Waals surface area contributed by atoms with Crippen LogP contribution >= 0.6 is 11.8 Å². The maximum atomic E-state index is 12.2. The van der Waals surface area contributed by atoms with Crippen LogP contribution in [0.3, 0.4) is 0 Å². The summed E-state index contributed by atoms with van der Waals surface area (Å²) in [7, 11) is -3.73. The Morgan fingerprint density at radius 2 is 2.19 bits per heavy atom. The van der Waals surface area contributed by atoms with Gasteiger partial charge in [0.1, 0.15) is 4.90 Å². The average molecular weight is 327 g/mol. The molecule has 0 fully saturated rings. The first-order valence-corrected chi connectivity index (χ1v) is 9.01. The molecule has 0 aliphatic carbocycles. The van der Waals surface area contributed by atoms with Crippen molar-refractivity contribution in [2.24, 2.45) is 10.1 Å². The van der Waals surface area contributed by atoms with Gasteiger partial charge in [-0.2, -0.15) is 8.42 Å². The van der Waals surface area contributed by atoms with Gasteiger partial charge in [0, 0.05) is 0 Å². The minimum Gasteiger partial charge on any atom is -0.369 e. The fraction of sp³-hybridized carbons (Fsp3) is 0.385. The zero-order valence-electron chi connectivity index (χ0n) is 11.6. The molecule has 114 valence electrons. The number of nitrogens with one attached hydrogen (secondary N) is 1. The number of aryl methyl sites for hydroxylation is 1. The standard InChI is InChI=1S/C13H17N3O3S2/c1-2-3-4-9-5-6-10-11(7-9)21(18,19)16-13(15-10)20-8-12(14)17/h5-7H,2-4,8H2,1H3,(H2,14,17)(H,15,16). The number of carbonyl (C=O) groups excluding carboxylic acids is 1. The van der Waals surface area contributed by atoms with Crippen LogP contribution in [0, 0.1) is 0 Å². The molecule has 2 rings (SSSR count). The van der Waals surface area contributed by atoms with Gasteiger partial charge in [-0.1, -0.05) is 31.2 Å². The van der Waals surface area contributed by atoms with Gasteiger partial charge in [0.05, 0.1) is 11.4 Å². The summed E-state index contributed by atoms with van der Waals surface area (Å²) in [5.74, 6) is -0.548. The highest BCUT2D eigenvalue weighted by Gasteiger charge is 2.25. The summed E-state index contributed by atoms with van der Waals surface area (Å²) in [6, 6.07) is 5.29. The number of thioether (sulfide) groups is 1. The second-order valence-corrected chi connectivity index (χ2v) is 7.22. The first kappa shape index (κ1) is 15.8. The van der Waals surface area contributed by atoms with E-state index in [0.717, 1.165) is 36.6 Å². The summed E-state index contributed by atoms with van der Waals surface area (Å²) in [6.45, 7) is 2.09. The number of rotatable bonds is 5. The third-order valence-electron chi connectivity index (χ3n) is 2.94. The lowest BCUT2D eigenvalue weighted by Gasteiger charge is -2.18. The van der Waals surface area contributed by atoms with Gasteiger partial charge >= 0.3 is 0 Å². The molecule has 0 unspecified atom stereocenters. The molecule has 1 aliphatic heterocycles. The molecule has 0 spiro atoms. The summed E-state index contributed by atoms with van der Waals surface area (Å²) < 4.78 is 28.1. The summed E-state index contributed by atoms with van der Waals surface area (Å²) in [5.41, 5.74) is 6.51. The smallest absolute Gasteiger partial charge is 0.286 e. The van der Waals surface area contributed by atoms with Gasteiger partial charge in [-0.25, -0.2) is 0 Å². The minimum atomic E-state index is -3.73. The quantitative estimate of drug-likeness (QED) is 0.857. The molecule has 0 aromatic heterocycles. The minimum absolute atomic E-state index is 0.0225. The summed E-state index contributed by atoms with van der Waals surface area (Å²) >= 11 is 0.975. The van der Waals surface area contributed by atoms with Gasteiger partial charge in [0.15, 0.2) is 5.17 Å². The SMILES string of the molecule is CCCCc1ccc2c(c1)S(=O)(=O)N=C(SCC(N)=O)N2. The Hall–Kier alpha value is -1.54. The van der Waals surface area contributed by atoms with Crippen molar-refractivity contribution in [3.63, 3.8) is 0 Å². The van der Waals surface area contributed by atoms with E-state index in [1.165, 1.54) is 0 Å². The molecule has 0 bridgehead atoms. The second kappa shape index (κ2) is 6.48. The van der Waals surface area contributed by atoms with E-state index in [0.29, 0.717) is 5.69 Å². The third kappa shape index (κ3) is 3.98. The Kier molecular flexibility index (Phi) is 4.89. The predicted molar refractivity (Wildman–Crippen MR) is 84.9 cm³/mol. The van der Waals surface area contributed by atoms with Gasteiger partial charge in [-0.05, 0) is 30.5 Å². The van der Waals surface area contributed by atoms with Gasteiger partial charge < -0.3 is 11.1 Å². The molecule has 1 aliphatic rings. The van der Waals surface area contributed by atoms with Crippen molar-refractivity contribution in [3.05, 3.63) is 23.8 Å². The molecule has 1 amide bonds. The van der Waals surface area contributed by atoms with E-state index in [9.17, 15) is 13.2 Å². The monoisotopic (exact) mass is 327 g/mol. The number of sulfonamides is 1. The Morgan fingerprint density at radius 3 is 2.86 bits per heavy atom. The van der Waals surface area contributed by atoms with Crippen LogP contribution in [0.5, 0.6) is 0 Å². The Bertz CT molecular complexity index is 684. The first-order valence-electron chi connectivity index (χ1n) is 6.58. The highest BCUT2D eigenvalue weighted by Crippen LogP contribution is 2.30. The van der Waals surface area contributed by atoms with Crippen molar-refractivity contribution in [3.8, 4) is 0 Å². The highest BCUT2D eigenvalue weighted by molar-refractivity contribution is 8.15. The molecule has 3 N–H and O–H groups in total. The van der Waals surface area contributed by atoms with E-state index in [2.05, 4.69) is 16.6 Å². The van der Waals surface area contributed by atoms with Crippen molar-refractivity contribution in [1.29, 1.82) is 0 Å². The molecule has 6 nitrogen and oxygen atoms in total. The maximum absolute atomic E-state index is 12.2. The lowest BCUT2D eigenvalue weighted by Crippen LogP contribution is -2.22.